The molecule has 0 amide bonds. The molecule has 0 aliphatic rings. The Hall–Kier alpha value is -0.0400. The molecule has 0 fully saturated rings. The summed E-state index contributed by atoms with van der Waals surface area (Å²) in [5, 5.41) is 0. The van der Waals surface area contributed by atoms with Crippen molar-refractivity contribution in [2.75, 3.05) is 0 Å². The van der Waals surface area contributed by atoms with Gasteiger partial charge in [0, 0.05) is 6.04 Å². The Labute approximate surface area is 77.7 Å². The van der Waals surface area contributed by atoms with Crippen molar-refractivity contribution in [1.82, 2.24) is 0 Å². The lowest BCUT2D eigenvalue weighted by atomic mass is 9.98. The predicted octanol–water partition coefficient (Wildman–Crippen LogP) is 3.19. The van der Waals surface area contributed by atoms with E-state index < -0.39 is 0 Å². The average molecular weight is 171 g/mol. The number of hydrogen-bond donors (Lipinski definition) is 1. The van der Waals surface area contributed by atoms with Gasteiger partial charge in [-0.2, -0.15) is 0 Å². The molecule has 0 heterocycles. The molecule has 74 valence electrons. The summed E-state index contributed by atoms with van der Waals surface area (Å²) in [5.41, 5.74) is 5.97. The van der Waals surface area contributed by atoms with Crippen molar-refractivity contribution in [1.29, 1.82) is 0 Å². The van der Waals surface area contributed by atoms with E-state index in [9.17, 15) is 0 Å². The molecule has 0 aromatic heterocycles. The van der Waals surface area contributed by atoms with Crippen molar-refractivity contribution in [3.05, 3.63) is 0 Å². The minimum absolute atomic E-state index is 0.440. The first-order valence-corrected chi connectivity index (χ1v) is 5.28. The van der Waals surface area contributed by atoms with Gasteiger partial charge in [-0.25, -0.2) is 0 Å². The summed E-state index contributed by atoms with van der Waals surface area (Å²) in [6.45, 7) is 9.04. The fraction of sp³-hybridized carbons (Fsp3) is 1.00. The quantitative estimate of drug-likeness (QED) is 0.652. The second-order valence-electron chi connectivity index (χ2n) is 4.70. The SMILES string of the molecule is CC(C)CCC(N)CCC(C)C. The van der Waals surface area contributed by atoms with E-state index in [0.717, 1.165) is 11.8 Å². The van der Waals surface area contributed by atoms with Crippen LogP contribution >= 0.6 is 0 Å². The van der Waals surface area contributed by atoms with Gasteiger partial charge in [-0.15, -0.1) is 0 Å². The van der Waals surface area contributed by atoms with Gasteiger partial charge < -0.3 is 5.73 Å². The molecule has 0 saturated carbocycles. The molecule has 0 unspecified atom stereocenters. The van der Waals surface area contributed by atoms with Crippen LogP contribution in [0.5, 0.6) is 0 Å². The highest BCUT2D eigenvalue weighted by atomic mass is 14.6. The van der Waals surface area contributed by atoms with E-state index in [0.29, 0.717) is 6.04 Å². The van der Waals surface area contributed by atoms with Gasteiger partial charge in [0.15, 0.2) is 0 Å². The van der Waals surface area contributed by atoms with Gasteiger partial charge in [0.25, 0.3) is 0 Å². The van der Waals surface area contributed by atoms with Gasteiger partial charge in [0.2, 0.25) is 0 Å². The predicted molar refractivity (Wildman–Crippen MR) is 56.1 cm³/mol. The van der Waals surface area contributed by atoms with Crippen LogP contribution < -0.4 is 5.73 Å². The average Bonchev–Trinajstić information content (AvgIpc) is 1.96. The standard InChI is InChI=1S/C11H25N/c1-9(2)5-7-11(12)8-6-10(3)4/h9-11H,5-8,12H2,1-4H3. The molecule has 0 rings (SSSR count). The van der Waals surface area contributed by atoms with Crippen LogP contribution in [0.1, 0.15) is 53.4 Å². The summed E-state index contributed by atoms with van der Waals surface area (Å²) in [4.78, 5) is 0. The van der Waals surface area contributed by atoms with Gasteiger partial charge in [-0.3, -0.25) is 0 Å². The third-order valence-corrected chi connectivity index (χ3v) is 2.23. The maximum absolute atomic E-state index is 5.97. The van der Waals surface area contributed by atoms with Crippen molar-refractivity contribution >= 4 is 0 Å². The van der Waals surface area contributed by atoms with Crippen LogP contribution in [0.25, 0.3) is 0 Å². The first-order chi connectivity index (χ1) is 5.52. The van der Waals surface area contributed by atoms with Gasteiger partial charge in [-0.1, -0.05) is 27.7 Å². The molecule has 0 spiro atoms. The highest BCUT2D eigenvalue weighted by Gasteiger charge is 2.04. The highest BCUT2D eigenvalue weighted by Crippen LogP contribution is 2.11. The largest absolute Gasteiger partial charge is 0.328 e. The van der Waals surface area contributed by atoms with Crippen LogP contribution in [0, 0.1) is 11.8 Å². The molecule has 0 atom stereocenters. The molecule has 0 saturated heterocycles. The number of hydrogen-bond acceptors (Lipinski definition) is 1. The second kappa shape index (κ2) is 6.47. The van der Waals surface area contributed by atoms with Gasteiger partial charge in [0.05, 0.1) is 0 Å². The Morgan fingerprint density at radius 3 is 1.33 bits per heavy atom. The number of nitrogens with two attached hydrogens (primary N) is 1. The Kier molecular flexibility index (Phi) is 6.45. The smallest absolute Gasteiger partial charge is 0.00390 e. The van der Waals surface area contributed by atoms with Crippen LogP contribution in [0.15, 0.2) is 0 Å². The summed E-state index contributed by atoms with van der Waals surface area (Å²) in [5.74, 6) is 1.60. The normalized spacial score (nSPS) is 12.0. The Morgan fingerprint density at radius 2 is 1.08 bits per heavy atom. The van der Waals surface area contributed by atoms with Gasteiger partial charge in [0.1, 0.15) is 0 Å². The molecule has 0 aliphatic carbocycles. The maximum Gasteiger partial charge on any atom is 0.00390 e. The van der Waals surface area contributed by atoms with E-state index >= 15 is 0 Å². The van der Waals surface area contributed by atoms with Crippen molar-refractivity contribution < 1.29 is 0 Å². The summed E-state index contributed by atoms with van der Waals surface area (Å²) >= 11 is 0. The Balaban J connectivity index is 3.27. The summed E-state index contributed by atoms with van der Waals surface area (Å²) in [7, 11) is 0. The molecule has 0 aromatic carbocycles. The number of rotatable bonds is 6. The third-order valence-electron chi connectivity index (χ3n) is 2.23. The summed E-state index contributed by atoms with van der Waals surface area (Å²) in [6.07, 6.45) is 4.95. The summed E-state index contributed by atoms with van der Waals surface area (Å²) < 4.78 is 0. The zero-order chi connectivity index (χ0) is 9.56. The Bertz CT molecular complexity index is 85.2. The first kappa shape index (κ1) is 12.0. The van der Waals surface area contributed by atoms with Gasteiger partial charge in [-0.05, 0) is 37.5 Å². The van der Waals surface area contributed by atoms with Crippen LogP contribution in [0.2, 0.25) is 0 Å². The minimum atomic E-state index is 0.440. The lowest BCUT2D eigenvalue weighted by molar-refractivity contribution is 0.440. The van der Waals surface area contributed by atoms with Crippen molar-refractivity contribution in [3.63, 3.8) is 0 Å². The molecular weight excluding hydrogens is 146 g/mol. The maximum atomic E-state index is 5.97. The zero-order valence-corrected chi connectivity index (χ0v) is 9.14. The van der Waals surface area contributed by atoms with Crippen LogP contribution in [-0.2, 0) is 0 Å². The molecule has 0 bridgehead atoms. The minimum Gasteiger partial charge on any atom is -0.328 e. The van der Waals surface area contributed by atoms with Crippen molar-refractivity contribution in [2.45, 2.75) is 59.4 Å². The third kappa shape index (κ3) is 8.06. The molecule has 2 N–H and O–H groups in total. The fourth-order valence-corrected chi connectivity index (χ4v) is 1.24. The van der Waals surface area contributed by atoms with Crippen molar-refractivity contribution in [2.24, 2.45) is 17.6 Å². The monoisotopic (exact) mass is 171 g/mol. The molecule has 1 nitrogen and oxygen atoms in total. The molecule has 0 aliphatic heterocycles. The molecular formula is C11H25N. The summed E-state index contributed by atoms with van der Waals surface area (Å²) in [6, 6.07) is 0.440. The van der Waals surface area contributed by atoms with E-state index in [-0.39, 0.29) is 0 Å². The van der Waals surface area contributed by atoms with Crippen LogP contribution in [0.4, 0.5) is 0 Å². The highest BCUT2D eigenvalue weighted by molar-refractivity contribution is 4.63. The van der Waals surface area contributed by atoms with E-state index in [4.69, 9.17) is 5.73 Å². The van der Waals surface area contributed by atoms with Crippen LogP contribution in [-0.4, -0.2) is 6.04 Å². The second-order valence-corrected chi connectivity index (χ2v) is 4.70. The molecule has 1 heteroatoms. The Morgan fingerprint density at radius 1 is 0.750 bits per heavy atom. The lowest BCUT2D eigenvalue weighted by Gasteiger charge is -2.13. The lowest BCUT2D eigenvalue weighted by Crippen LogP contribution is -2.20. The topological polar surface area (TPSA) is 26.0 Å². The molecule has 0 radical (unpaired) electrons. The molecule has 12 heavy (non-hydrogen) atoms. The fourth-order valence-electron chi connectivity index (χ4n) is 1.24. The van der Waals surface area contributed by atoms with E-state index in [1.54, 1.807) is 0 Å². The van der Waals surface area contributed by atoms with Crippen molar-refractivity contribution in [3.8, 4) is 0 Å². The van der Waals surface area contributed by atoms with Crippen LogP contribution in [0.3, 0.4) is 0 Å². The first-order valence-electron chi connectivity index (χ1n) is 5.28. The van der Waals surface area contributed by atoms with E-state index in [1.807, 2.05) is 0 Å². The van der Waals surface area contributed by atoms with E-state index in [1.165, 1.54) is 25.7 Å². The molecule has 0 aromatic rings. The zero-order valence-electron chi connectivity index (χ0n) is 9.14. The van der Waals surface area contributed by atoms with E-state index in [2.05, 4.69) is 27.7 Å². The van der Waals surface area contributed by atoms with Gasteiger partial charge >= 0.3 is 0 Å².